The number of hydrogen-bond donors (Lipinski definition) is 2. The van der Waals surface area contributed by atoms with E-state index in [9.17, 15) is 9.59 Å². The number of fused-ring (bicyclic) bond motifs is 3. The van der Waals surface area contributed by atoms with Gasteiger partial charge in [-0.1, -0.05) is 19.9 Å². The maximum Gasteiger partial charge on any atom is 0.268 e. The maximum absolute atomic E-state index is 13.1. The Bertz CT molecular complexity index is 1030. The molecule has 3 aliphatic carbocycles. The van der Waals surface area contributed by atoms with Crippen LogP contribution in [0.5, 0.6) is 0 Å². The van der Waals surface area contributed by atoms with Crippen LogP contribution >= 0.6 is 0 Å². The molecule has 0 radical (unpaired) electrons. The average Bonchev–Trinajstić information content (AvgIpc) is 3.19. The van der Waals surface area contributed by atoms with E-state index in [0.29, 0.717) is 34.4 Å². The lowest BCUT2D eigenvalue weighted by molar-refractivity contribution is -0.131. The molecule has 7 nitrogen and oxygen atoms in total. The van der Waals surface area contributed by atoms with Crippen LogP contribution in [0.25, 0.3) is 5.65 Å². The summed E-state index contributed by atoms with van der Waals surface area (Å²) in [6, 6.07) is 5.89. The number of hydrogen-bond acceptors (Lipinski definition) is 4. The Kier molecular flexibility index (Phi) is 5.48. The SMILES string of the molecule is C[C@@H]1CN(C(=O)Cc2cn3c(C(=O)NC[C@@H]4CC[C@@H]5C[C@H]4C5(C)C)cccc3n2)CCN1. The summed E-state index contributed by atoms with van der Waals surface area (Å²) >= 11 is 0. The molecule has 6 rings (SSSR count). The topological polar surface area (TPSA) is 78.7 Å². The summed E-state index contributed by atoms with van der Waals surface area (Å²) in [6.07, 6.45) is 5.91. The van der Waals surface area contributed by atoms with Gasteiger partial charge in [0.2, 0.25) is 5.91 Å². The summed E-state index contributed by atoms with van der Waals surface area (Å²) in [5.41, 5.74) is 2.40. The highest BCUT2D eigenvalue weighted by Gasteiger charge is 2.53. The average molecular weight is 438 g/mol. The van der Waals surface area contributed by atoms with Crippen LogP contribution in [-0.4, -0.2) is 58.3 Å². The highest BCUT2D eigenvalue weighted by Crippen LogP contribution is 2.61. The van der Waals surface area contributed by atoms with Crippen molar-refractivity contribution in [2.45, 2.75) is 52.5 Å². The molecule has 2 aromatic heterocycles. The summed E-state index contributed by atoms with van der Waals surface area (Å²) in [4.78, 5) is 32.3. The van der Waals surface area contributed by atoms with Gasteiger partial charge in [-0.3, -0.25) is 14.0 Å². The molecular formula is C25H35N5O2. The number of nitrogens with one attached hydrogen (secondary N) is 2. The van der Waals surface area contributed by atoms with Gasteiger partial charge < -0.3 is 15.5 Å². The van der Waals surface area contributed by atoms with E-state index in [1.165, 1.54) is 19.3 Å². The van der Waals surface area contributed by atoms with Gasteiger partial charge in [0.25, 0.3) is 5.91 Å². The lowest BCUT2D eigenvalue weighted by Gasteiger charge is -2.60. The molecule has 4 atom stereocenters. The molecule has 2 aromatic rings. The van der Waals surface area contributed by atoms with Crippen molar-refractivity contribution in [1.82, 2.24) is 24.9 Å². The van der Waals surface area contributed by atoms with Gasteiger partial charge in [0, 0.05) is 38.4 Å². The standard InChI is InChI=1S/C25H35N5O2/c1-16-14-29(10-9-26-16)23(31)12-19-15-30-21(5-4-6-22(30)28-19)24(32)27-13-17-7-8-18-11-20(17)25(18,2)3/h4-6,15-18,20,26H,7-14H2,1-3H3,(H,27,32)/t16-,17+,18-,20-/m1/s1. The molecule has 0 unspecified atom stereocenters. The Labute approximate surface area is 190 Å². The predicted octanol–water partition coefficient (Wildman–Crippen LogP) is 2.50. The van der Waals surface area contributed by atoms with Crippen LogP contribution in [0.2, 0.25) is 0 Å². The quantitative estimate of drug-likeness (QED) is 0.753. The van der Waals surface area contributed by atoms with E-state index in [2.05, 4.69) is 36.4 Å². The Morgan fingerprint density at radius 2 is 2.12 bits per heavy atom. The zero-order valence-corrected chi connectivity index (χ0v) is 19.4. The van der Waals surface area contributed by atoms with E-state index in [0.717, 1.165) is 38.0 Å². The monoisotopic (exact) mass is 437 g/mol. The van der Waals surface area contributed by atoms with Crippen molar-refractivity contribution >= 4 is 17.5 Å². The molecular weight excluding hydrogens is 402 g/mol. The first kappa shape index (κ1) is 21.4. The fourth-order valence-electron chi connectivity index (χ4n) is 6.28. The molecule has 172 valence electrons. The van der Waals surface area contributed by atoms with Crippen molar-refractivity contribution in [2.24, 2.45) is 23.2 Å². The predicted molar refractivity (Wildman–Crippen MR) is 123 cm³/mol. The lowest BCUT2D eigenvalue weighted by atomic mass is 9.45. The third-order valence-electron chi connectivity index (χ3n) is 8.35. The molecule has 2 amide bonds. The molecule has 2 bridgehead atoms. The number of carbonyl (C=O) groups excluding carboxylic acids is 2. The Hall–Kier alpha value is -2.41. The largest absolute Gasteiger partial charge is 0.350 e. The Morgan fingerprint density at radius 1 is 1.28 bits per heavy atom. The molecule has 32 heavy (non-hydrogen) atoms. The van der Waals surface area contributed by atoms with Crippen molar-refractivity contribution in [3.8, 4) is 0 Å². The molecule has 4 aliphatic rings. The van der Waals surface area contributed by atoms with Crippen LogP contribution in [0.1, 0.15) is 56.2 Å². The lowest BCUT2D eigenvalue weighted by Crippen LogP contribution is -2.54. The van der Waals surface area contributed by atoms with Gasteiger partial charge in [0.15, 0.2) is 0 Å². The normalized spacial score (nSPS) is 28.9. The van der Waals surface area contributed by atoms with Crippen molar-refractivity contribution in [3.63, 3.8) is 0 Å². The number of imidazole rings is 1. The van der Waals surface area contributed by atoms with Gasteiger partial charge in [0.05, 0.1) is 12.1 Å². The second-order valence-electron chi connectivity index (χ2n) is 10.7. The van der Waals surface area contributed by atoms with Crippen LogP contribution in [0.4, 0.5) is 0 Å². The molecule has 1 aliphatic heterocycles. The van der Waals surface area contributed by atoms with Gasteiger partial charge >= 0.3 is 0 Å². The third kappa shape index (κ3) is 3.81. The van der Waals surface area contributed by atoms with E-state index >= 15 is 0 Å². The number of nitrogens with zero attached hydrogens (tertiary/aromatic N) is 3. The molecule has 3 heterocycles. The van der Waals surface area contributed by atoms with E-state index in [1.54, 1.807) is 0 Å². The highest BCUT2D eigenvalue weighted by molar-refractivity contribution is 5.93. The van der Waals surface area contributed by atoms with Crippen molar-refractivity contribution < 1.29 is 9.59 Å². The van der Waals surface area contributed by atoms with Gasteiger partial charge in [0.1, 0.15) is 11.3 Å². The molecule has 0 spiro atoms. The first-order chi connectivity index (χ1) is 15.3. The number of aromatic nitrogens is 2. The number of pyridine rings is 1. The zero-order chi connectivity index (χ0) is 22.5. The summed E-state index contributed by atoms with van der Waals surface area (Å²) in [7, 11) is 0. The zero-order valence-electron chi connectivity index (χ0n) is 19.4. The molecule has 7 heteroatoms. The van der Waals surface area contributed by atoms with Crippen LogP contribution in [0.15, 0.2) is 24.4 Å². The summed E-state index contributed by atoms with van der Waals surface area (Å²) in [6.45, 7) is 9.86. The van der Waals surface area contributed by atoms with Gasteiger partial charge in [-0.05, 0) is 61.5 Å². The van der Waals surface area contributed by atoms with E-state index in [4.69, 9.17) is 0 Å². The molecule has 1 saturated heterocycles. The number of amides is 2. The third-order valence-corrected chi connectivity index (χ3v) is 8.35. The van der Waals surface area contributed by atoms with Gasteiger partial charge in [-0.15, -0.1) is 0 Å². The number of piperazine rings is 1. The number of rotatable bonds is 5. The molecule has 3 saturated carbocycles. The second kappa shape index (κ2) is 8.18. The number of carbonyl (C=O) groups is 2. The maximum atomic E-state index is 13.1. The molecule has 0 aromatic carbocycles. The van der Waals surface area contributed by atoms with Crippen LogP contribution in [0.3, 0.4) is 0 Å². The second-order valence-corrected chi connectivity index (χ2v) is 10.7. The highest BCUT2D eigenvalue weighted by atomic mass is 16.2. The summed E-state index contributed by atoms with van der Waals surface area (Å²) in [5.74, 6) is 2.17. The van der Waals surface area contributed by atoms with Crippen molar-refractivity contribution in [1.29, 1.82) is 0 Å². The van der Waals surface area contributed by atoms with E-state index in [1.807, 2.05) is 33.7 Å². The van der Waals surface area contributed by atoms with Gasteiger partial charge in [-0.2, -0.15) is 0 Å². The van der Waals surface area contributed by atoms with Crippen LogP contribution < -0.4 is 10.6 Å². The van der Waals surface area contributed by atoms with Crippen molar-refractivity contribution in [3.05, 3.63) is 35.8 Å². The van der Waals surface area contributed by atoms with E-state index in [-0.39, 0.29) is 18.2 Å². The molecule has 4 fully saturated rings. The first-order valence-corrected chi connectivity index (χ1v) is 12.1. The fraction of sp³-hybridized carbons (Fsp3) is 0.640. The first-order valence-electron chi connectivity index (χ1n) is 12.1. The smallest absolute Gasteiger partial charge is 0.268 e. The minimum atomic E-state index is -0.0685. The molecule has 2 N–H and O–H groups in total. The van der Waals surface area contributed by atoms with Crippen LogP contribution in [0, 0.1) is 23.2 Å². The fourth-order valence-corrected chi connectivity index (χ4v) is 6.28. The van der Waals surface area contributed by atoms with Crippen LogP contribution in [-0.2, 0) is 11.2 Å². The Morgan fingerprint density at radius 3 is 2.88 bits per heavy atom. The summed E-state index contributed by atoms with van der Waals surface area (Å²) < 4.78 is 1.82. The van der Waals surface area contributed by atoms with E-state index < -0.39 is 0 Å². The Balaban J connectivity index is 1.26. The summed E-state index contributed by atoms with van der Waals surface area (Å²) in [5, 5.41) is 6.55. The van der Waals surface area contributed by atoms with Gasteiger partial charge in [-0.25, -0.2) is 4.98 Å². The minimum absolute atomic E-state index is 0.0685. The van der Waals surface area contributed by atoms with Crippen molar-refractivity contribution in [2.75, 3.05) is 26.2 Å². The minimum Gasteiger partial charge on any atom is -0.350 e.